The van der Waals surface area contributed by atoms with Crippen LogP contribution in [0.1, 0.15) is 25.1 Å². The molecule has 0 radical (unpaired) electrons. The van der Waals surface area contributed by atoms with E-state index in [0.717, 1.165) is 11.3 Å². The molecule has 106 valence electrons. The van der Waals surface area contributed by atoms with E-state index in [1.54, 1.807) is 12.1 Å². The van der Waals surface area contributed by atoms with Crippen LogP contribution in [0.15, 0.2) is 30.3 Å². The Morgan fingerprint density at radius 2 is 2.05 bits per heavy atom. The van der Waals surface area contributed by atoms with Crippen molar-refractivity contribution in [2.45, 2.75) is 33.4 Å². The molecule has 2 aromatic rings. The Bertz CT molecular complexity index is 587. The van der Waals surface area contributed by atoms with Crippen molar-refractivity contribution in [3.63, 3.8) is 0 Å². The van der Waals surface area contributed by atoms with Crippen LogP contribution in [-0.2, 0) is 6.54 Å². The monoisotopic (exact) mass is 275 g/mol. The predicted octanol–water partition coefficient (Wildman–Crippen LogP) is 3.32. The van der Waals surface area contributed by atoms with E-state index >= 15 is 0 Å². The smallest absolute Gasteiger partial charge is 0.226 e. The lowest BCUT2D eigenvalue weighted by Gasteiger charge is -2.11. The van der Waals surface area contributed by atoms with E-state index in [1.165, 1.54) is 12.1 Å². The number of hydrogen-bond acceptors (Lipinski definition) is 4. The van der Waals surface area contributed by atoms with Crippen molar-refractivity contribution in [2.75, 3.05) is 5.32 Å². The molecule has 1 aromatic heterocycles. The number of nitrogens with zero attached hydrogens (tertiary/aromatic N) is 2. The molecule has 0 saturated carbocycles. The first kappa shape index (κ1) is 14.2. The van der Waals surface area contributed by atoms with E-state index in [-0.39, 0.29) is 11.9 Å². The third-order valence-corrected chi connectivity index (χ3v) is 2.53. The van der Waals surface area contributed by atoms with Gasteiger partial charge in [0.05, 0.1) is 6.10 Å². The van der Waals surface area contributed by atoms with E-state index in [4.69, 9.17) is 4.74 Å². The zero-order valence-electron chi connectivity index (χ0n) is 11.9. The van der Waals surface area contributed by atoms with E-state index in [1.807, 2.05) is 26.8 Å². The van der Waals surface area contributed by atoms with Crippen LogP contribution in [0.5, 0.6) is 5.88 Å². The summed E-state index contributed by atoms with van der Waals surface area (Å²) in [7, 11) is 0. The molecule has 0 amide bonds. The zero-order chi connectivity index (χ0) is 14.5. The number of benzene rings is 1. The third kappa shape index (κ3) is 4.19. The highest BCUT2D eigenvalue weighted by molar-refractivity contribution is 5.32. The zero-order valence-corrected chi connectivity index (χ0v) is 11.9. The topological polar surface area (TPSA) is 47.0 Å². The summed E-state index contributed by atoms with van der Waals surface area (Å²) < 4.78 is 18.6. The maximum Gasteiger partial charge on any atom is 0.226 e. The first-order valence-electron chi connectivity index (χ1n) is 6.53. The van der Waals surface area contributed by atoms with Gasteiger partial charge in [-0.3, -0.25) is 0 Å². The number of ether oxygens (including phenoxy) is 1. The Morgan fingerprint density at radius 3 is 2.75 bits per heavy atom. The second-order valence-corrected chi connectivity index (χ2v) is 4.82. The van der Waals surface area contributed by atoms with Crippen molar-refractivity contribution < 1.29 is 9.13 Å². The van der Waals surface area contributed by atoms with E-state index in [0.29, 0.717) is 18.4 Å². The van der Waals surface area contributed by atoms with Crippen LogP contribution in [0.3, 0.4) is 0 Å². The van der Waals surface area contributed by atoms with Crippen molar-refractivity contribution in [3.8, 4) is 5.88 Å². The molecule has 0 saturated heterocycles. The fourth-order valence-corrected chi connectivity index (χ4v) is 1.75. The minimum Gasteiger partial charge on any atom is -0.475 e. The van der Waals surface area contributed by atoms with Gasteiger partial charge in [-0.05, 0) is 38.5 Å². The Morgan fingerprint density at radius 1 is 1.25 bits per heavy atom. The summed E-state index contributed by atoms with van der Waals surface area (Å²) >= 11 is 0. The van der Waals surface area contributed by atoms with E-state index in [2.05, 4.69) is 15.3 Å². The van der Waals surface area contributed by atoms with Crippen LogP contribution in [0.25, 0.3) is 0 Å². The first-order valence-corrected chi connectivity index (χ1v) is 6.53. The van der Waals surface area contributed by atoms with Gasteiger partial charge in [-0.25, -0.2) is 9.37 Å². The second-order valence-electron chi connectivity index (χ2n) is 4.82. The number of hydrogen-bond donors (Lipinski definition) is 1. The molecular weight excluding hydrogens is 257 g/mol. The summed E-state index contributed by atoms with van der Waals surface area (Å²) in [5, 5.41) is 3.07. The van der Waals surface area contributed by atoms with Gasteiger partial charge in [-0.2, -0.15) is 4.98 Å². The minimum absolute atomic E-state index is 0.0559. The lowest BCUT2D eigenvalue weighted by atomic mass is 10.2. The van der Waals surface area contributed by atoms with Gasteiger partial charge in [0.25, 0.3) is 0 Å². The molecule has 0 aliphatic heterocycles. The fourth-order valence-electron chi connectivity index (χ4n) is 1.75. The SMILES string of the molecule is Cc1cc(OC(C)C)nc(NCc2cccc(F)c2)n1. The van der Waals surface area contributed by atoms with Crippen molar-refractivity contribution in [1.82, 2.24) is 9.97 Å². The Balaban J connectivity index is 2.07. The number of rotatable bonds is 5. The molecule has 0 atom stereocenters. The van der Waals surface area contributed by atoms with Gasteiger partial charge in [-0.1, -0.05) is 12.1 Å². The van der Waals surface area contributed by atoms with Crippen LogP contribution in [0.4, 0.5) is 10.3 Å². The van der Waals surface area contributed by atoms with Crippen LogP contribution in [0, 0.1) is 12.7 Å². The number of nitrogens with one attached hydrogen (secondary N) is 1. The molecule has 0 aliphatic rings. The molecule has 0 fully saturated rings. The summed E-state index contributed by atoms with van der Waals surface area (Å²) in [6.45, 7) is 6.22. The summed E-state index contributed by atoms with van der Waals surface area (Å²) in [4.78, 5) is 8.56. The molecular formula is C15H18FN3O. The number of aryl methyl sites for hydroxylation is 1. The van der Waals surface area contributed by atoms with Crippen LogP contribution in [0.2, 0.25) is 0 Å². The first-order chi connectivity index (χ1) is 9.52. The molecule has 2 rings (SSSR count). The van der Waals surface area contributed by atoms with Crippen molar-refractivity contribution >= 4 is 5.95 Å². The predicted molar refractivity (Wildman–Crippen MR) is 76.3 cm³/mol. The lowest BCUT2D eigenvalue weighted by molar-refractivity contribution is 0.232. The van der Waals surface area contributed by atoms with Crippen molar-refractivity contribution in [1.29, 1.82) is 0 Å². The maximum atomic E-state index is 13.1. The van der Waals surface area contributed by atoms with Crippen LogP contribution >= 0.6 is 0 Å². The average Bonchev–Trinajstić information content (AvgIpc) is 2.35. The van der Waals surface area contributed by atoms with Gasteiger partial charge in [0, 0.05) is 18.3 Å². The molecule has 0 bridgehead atoms. The van der Waals surface area contributed by atoms with Crippen LogP contribution in [-0.4, -0.2) is 16.1 Å². The highest BCUT2D eigenvalue weighted by Gasteiger charge is 2.05. The number of anilines is 1. The summed E-state index contributed by atoms with van der Waals surface area (Å²) in [6.07, 6.45) is 0.0559. The highest BCUT2D eigenvalue weighted by Crippen LogP contribution is 2.14. The largest absolute Gasteiger partial charge is 0.475 e. The van der Waals surface area contributed by atoms with Gasteiger partial charge in [0.15, 0.2) is 0 Å². The Kier molecular flexibility index (Phi) is 4.50. The minimum atomic E-state index is -0.252. The lowest BCUT2D eigenvalue weighted by Crippen LogP contribution is -2.10. The average molecular weight is 275 g/mol. The van der Waals surface area contributed by atoms with Crippen molar-refractivity contribution in [3.05, 3.63) is 47.4 Å². The quantitative estimate of drug-likeness (QED) is 0.909. The molecule has 0 spiro atoms. The summed E-state index contributed by atoms with van der Waals surface area (Å²) in [5.41, 5.74) is 1.65. The maximum absolute atomic E-state index is 13.1. The highest BCUT2D eigenvalue weighted by atomic mass is 19.1. The van der Waals surface area contributed by atoms with E-state index < -0.39 is 0 Å². The van der Waals surface area contributed by atoms with Gasteiger partial charge >= 0.3 is 0 Å². The number of aromatic nitrogens is 2. The second kappa shape index (κ2) is 6.32. The van der Waals surface area contributed by atoms with Crippen LogP contribution < -0.4 is 10.1 Å². The molecule has 4 nitrogen and oxygen atoms in total. The molecule has 20 heavy (non-hydrogen) atoms. The molecule has 0 aliphatic carbocycles. The number of halogens is 1. The third-order valence-electron chi connectivity index (χ3n) is 2.53. The van der Waals surface area contributed by atoms with Gasteiger partial charge in [0.1, 0.15) is 5.82 Å². The van der Waals surface area contributed by atoms with Gasteiger partial charge in [-0.15, -0.1) is 0 Å². The normalized spacial score (nSPS) is 10.7. The fraction of sp³-hybridized carbons (Fsp3) is 0.333. The molecule has 1 N–H and O–H groups in total. The van der Waals surface area contributed by atoms with Crippen molar-refractivity contribution in [2.24, 2.45) is 0 Å². The molecule has 0 unspecified atom stereocenters. The Hall–Kier alpha value is -2.17. The summed E-state index contributed by atoms with van der Waals surface area (Å²) in [5.74, 6) is 0.762. The van der Waals surface area contributed by atoms with Gasteiger partial charge < -0.3 is 10.1 Å². The molecule has 1 heterocycles. The Labute approximate surface area is 118 Å². The standard InChI is InChI=1S/C15H18FN3O/c1-10(2)20-14-7-11(3)18-15(19-14)17-9-12-5-4-6-13(16)8-12/h4-8,10H,9H2,1-3H3,(H,17,18,19). The molecule has 1 aromatic carbocycles. The van der Waals surface area contributed by atoms with Gasteiger partial charge in [0.2, 0.25) is 11.8 Å². The van der Waals surface area contributed by atoms with E-state index in [9.17, 15) is 4.39 Å². The summed E-state index contributed by atoms with van der Waals surface area (Å²) in [6, 6.07) is 8.21. The molecule has 5 heteroatoms.